The van der Waals surface area contributed by atoms with Gasteiger partial charge in [0.25, 0.3) is 0 Å². The van der Waals surface area contributed by atoms with Crippen LogP contribution in [0.25, 0.3) is 36.5 Å². The van der Waals surface area contributed by atoms with E-state index in [1.807, 2.05) is 6.07 Å². The van der Waals surface area contributed by atoms with E-state index in [-0.39, 0.29) is 0 Å². The summed E-state index contributed by atoms with van der Waals surface area (Å²) in [6.45, 7) is 4.23. The van der Waals surface area contributed by atoms with Gasteiger partial charge in [-0.15, -0.1) is 0 Å². The van der Waals surface area contributed by atoms with Gasteiger partial charge in [-0.2, -0.15) is 0 Å². The average Bonchev–Trinajstić information content (AvgIpc) is 3.30. The van der Waals surface area contributed by atoms with Gasteiger partial charge in [0.15, 0.2) is 0 Å². The smallest absolute Gasteiger partial charge is 0.0554 e. The summed E-state index contributed by atoms with van der Waals surface area (Å²) in [6.07, 6.45) is 17.3. The summed E-state index contributed by atoms with van der Waals surface area (Å²) in [5.74, 6) is 0. The molecule has 0 radical (unpaired) electrons. The normalized spacial score (nSPS) is 11.6. The third-order valence-electron chi connectivity index (χ3n) is 10.4. The molecule has 2 nitrogen and oxygen atoms in total. The Hall–Kier alpha value is -7.68. The van der Waals surface area contributed by atoms with Crippen LogP contribution < -0.4 is 9.80 Å². The Kier molecular flexibility index (Phi) is 12.5. The molecule has 0 spiro atoms. The number of anilines is 6. The van der Waals surface area contributed by atoms with Crippen molar-refractivity contribution >= 4 is 70.6 Å². The molecule has 0 bridgehead atoms. The van der Waals surface area contributed by atoms with Crippen molar-refractivity contribution in [3.8, 4) is 0 Å². The molecule has 0 aromatic heterocycles. The number of hydrogen-bond acceptors (Lipinski definition) is 2. The van der Waals surface area contributed by atoms with Gasteiger partial charge in [-0.1, -0.05) is 205 Å². The molecule has 0 saturated carbocycles. The van der Waals surface area contributed by atoms with Gasteiger partial charge in [-0.25, -0.2) is 0 Å². The summed E-state index contributed by atoms with van der Waals surface area (Å²) in [6, 6.07) is 73.3. The Morgan fingerprint density at radius 3 is 1.12 bits per heavy atom. The molecule has 0 saturated heterocycles. The molecule has 0 aliphatic carbocycles. The minimum absolute atomic E-state index is 1.05. The fourth-order valence-electron chi connectivity index (χ4n) is 7.13. The maximum Gasteiger partial charge on any atom is 0.0554 e. The first-order valence-electron chi connectivity index (χ1n) is 20.5. The number of para-hydroxylation sites is 2. The van der Waals surface area contributed by atoms with Crippen LogP contribution in [0.15, 0.2) is 218 Å². The van der Waals surface area contributed by atoms with Gasteiger partial charge < -0.3 is 9.80 Å². The molecular weight excluding hydrogens is 725 g/mol. The highest BCUT2D eigenvalue weighted by molar-refractivity contribution is 5.88. The highest BCUT2D eigenvalue weighted by Gasteiger charge is 2.19. The molecule has 0 aliphatic heterocycles. The largest absolute Gasteiger partial charge is 0.310 e. The summed E-state index contributed by atoms with van der Waals surface area (Å²) in [5, 5.41) is 0. The molecule has 0 aliphatic rings. The molecule has 8 aromatic rings. The van der Waals surface area contributed by atoms with E-state index in [9.17, 15) is 0 Å². The van der Waals surface area contributed by atoms with Gasteiger partial charge in [-0.3, -0.25) is 0 Å². The lowest BCUT2D eigenvalue weighted by Crippen LogP contribution is -2.14. The predicted octanol–water partition coefficient (Wildman–Crippen LogP) is 16.3. The van der Waals surface area contributed by atoms with Crippen LogP contribution in [0.4, 0.5) is 34.1 Å². The second-order valence-electron chi connectivity index (χ2n) is 14.9. The lowest BCUT2D eigenvalue weighted by molar-refractivity contribution is 1.24. The molecule has 0 amide bonds. The van der Waals surface area contributed by atoms with Crippen LogP contribution in [0, 0.1) is 13.8 Å². The highest BCUT2D eigenvalue weighted by Crippen LogP contribution is 2.42. The number of allylic oxidation sites excluding steroid dienone is 2. The molecule has 290 valence electrons. The fourth-order valence-corrected chi connectivity index (χ4v) is 7.13. The first kappa shape index (κ1) is 39.2. The monoisotopic (exact) mass is 772 g/mol. The zero-order chi connectivity index (χ0) is 40.9. The Balaban J connectivity index is 1.21. The van der Waals surface area contributed by atoms with Crippen LogP contribution in [0.5, 0.6) is 0 Å². The zero-order valence-electron chi connectivity index (χ0n) is 34.1. The Bertz CT molecular complexity index is 2710. The number of rotatable bonds is 13. The summed E-state index contributed by atoms with van der Waals surface area (Å²) < 4.78 is 0. The minimum atomic E-state index is 1.05. The van der Waals surface area contributed by atoms with E-state index in [1.165, 1.54) is 22.3 Å². The second kappa shape index (κ2) is 19.2. The van der Waals surface area contributed by atoms with Crippen LogP contribution in [-0.2, 0) is 0 Å². The van der Waals surface area contributed by atoms with E-state index < -0.39 is 0 Å². The van der Waals surface area contributed by atoms with Crippen molar-refractivity contribution in [1.82, 2.24) is 0 Å². The van der Waals surface area contributed by atoms with E-state index in [4.69, 9.17) is 0 Å². The molecule has 0 unspecified atom stereocenters. The molecule has 0 N–H and O–H groups in total. The summed E-state index contributed by atoms with van der Waals surface area (Å²) in [4.78, 5) is 4.70. The highest BCUT2D eigenvalue weighted by atomic mass is 15.2. The number of benzene rings is 8. The van der Waals surface area contributed by atoms with E-state index in [0.29, 0.717) is 0 Å². The molecule has 60 heavy (non-hydrogen) atoms. The number of aryl methyl sites for hydroxylation is 2. The topological polar surface area (TPSA) is 6.48 Å². The van der Waals surface area contributed by atoms with Crippen molar-refractivity contribution in [2.75, 3.05) is 9.80 Å². The maximum absolute atomic E-state index is 2.36. The number of nitrogens with zero attached hydrogens (tertiary/aromatic N) is 2. The van der Waals surface area contributed by atoms with Crippen molar-refractivity contribution in [2.24, 2.45) is 0 Å². The Labute approximate surface area is 355 Å². The lowest BCUT2D eigenvalue weighted by Gasteiger charge is -2.30. The van der Waals surface area contributed by atoms with Crippen molar-refractivity contribution < 1.29 is 0 Å². The Morgan fingerprint density at radius 1 is 0.283 bits per heavy atom. The van der Waals surface area contributed by atoms with Crippen LogP contribution >= 0.6 is 0 Å². The van der Waals surface area contributed by atoms with E-state index >= 15 is 0 Å². The molecule has 2 heteroatoms. The van der Waals surface area contributed by atoms with Crippen LogP contribution in [0.1, 0.15) is 44.5 Å². The standard InChI is InChI=1S/C58H48N2/c1-45-22-26-48(27-23-45)30-32-50-34-39-55(40-35-50)59(53-18-8-4-9-19-53)57-43-38-52(17-13-12-16-47-14-6-3-7-15-47)58(44-57)60(54-20-10-5-11-21-54)56-41-36-51(37-42-56)33-31-49-28-24-46(2)25-29-49/h3-44H,1-2H3/b16-12+,17-13+,32-30+,33-31+. The zero-order valence-corrected chi connectivity index (χ0v) is 34.1. The van der Waals surface area contributed by atoms with Gasteiger partial charge in [0.2, 0.25) is 0 Å². The maximum atomic E-state index is 2.36. The quantitative estimate of drug-likeness (QED) is 0.0851. The molecule has 0 fully saturated rings. The number of hydrogen-bond donors (Lipinski definition) is 0. The van der Waals surface area contributed by atoms with Crippen molar-refractivity contribution in [2.45, 2.75) is 13.8 Å². The summed E-state index contributed by atoms with van der Waals surface area (Å²) in [7, 11) is 0. The second-order valence-corrected chi connectivity index (χ2v) is 14.9. The Morgan fingerprint density at radius 2 is 0.633 bits per heavy atom. The summed E-state index contributed by atoms with van der Waals surface area (Å²) >= 11 is 0. The van der Waals surface area contributed by atoms with Crippen LogP contribution in [0.3, 0.4) is 0 Å². The minimum Gasteiger partial charge on any atom is -0.310 e. The lowest BCUT2D eigenvalue weighted by atomic mass is 10.0. The third kappa shape index (κ3) is 10.1. The fraction of sp³-hybridized carbons (Fsp3) is 0.0345. The van der Waals surface area contributed by atoms with Gasteiger partial charge in [0.05, 0.1) is 5.69 Å². The van der Waals surface area contributed by atoms with Gasteiger partial charge >= 0.3 is 0 Å². The van der Waals surface area contributed by atoms with Crippen molar-refractivity contribution in [1.29, 1.82) is 0 Å². The first-order chi connectivity index (χ1) is 29.6. The van der Waals surface area contributed by atoms with E-state index in [1.54, 1.807) is 0 Å². The van der Waals surface area contributed by atoms with Crippen LogP contribution in [-0.4, -0.2) is 0 Å². The van der Waals surface area contributed by atoms with Gasteiger partial charge in [-0.05, 0) is 108 Å². The van der Waals surface area contributed by atoms with E-state index in [2.05, 4.69) is 272 Å². The molecule has 8 aromatic carbocycles. The average molecular weight is 773 g/mol. The van der Waals surface area contributed by atoms with Crippen molar-refractivity contribution in [3.63, 3.8) is 0 Å². The summed E-state index contributed by atoms with van der Waals surface area (Å²) in [5.41, 5.74) is 15.8. The van der Waals surface area contributed by atoms with Gasteiger partial charge in [0, 0.05) is 28.4 Å². The molecule has 8 rings (SSSR count). The van der Waals surface area contributed by atoms with E-state index in [0.717, 1.165) is 56.4 Å². The molecule has 0 heterocycles. The predicted molar refractivity (Wildman–Crippen MR) is 261 cm³/mol. The first-order valence-corrected chi connectivity index (χ1v) is 20.5. The SMILES string of the molecule is Cc1ccc(/C=C/c2ccc(N(c3ccccc3)c3ccc(/C=C/C=C/c4ccccc4)c(N(c4ccccc4)c4ccc(/C=C/c5ccc(C)cc5)cc4)c3)cc2)cc1. The molecule has 0 atom stereocenters. The van der Waals surface area contributed by atoms with Gasteiger partial charge in [0.1, 0.15) is 0 Å². The van der Waals surface area contributed by atoms with Crippen LogP contribution in [0.2, 0.25) is 0 Å². The molecular formula is C58H48N2. The van der Waals surface area contributed by atoms with Crippen molar-refractivity contribution in [3.05, 3.63) is 263 Å². The third-order valence-corrected chi connectivity index (χ3v) is 10.4.